The van der Waals surface area contributed by atoms with E-state index in [1.807, 2.05) is 25.1 Å². The molecular weight excluding hydrogens is 252 g/mol. The first kappa shape index (κ1) is 12.5. The molecule has 3 N–H and O–H groups in total. The van der Waals surface area contributed by atoms with Crippen LogP contribution in [-0.4, -0.2) is 16.5 Å². The average Bonchev–Trinajstić information content (AvgIpc) is 2.89. The van der Waals surface area contributed by atoms with Gasteiger partial charge in [0.2, 0.25) is 0 Å². The van der Waals surface area contributed by atoms with E-state index in [-0.39, 0.29) is 0 Å². The van der Waals surface area contributed by atoms with Crippen molar-refractivity contribution >= 4 is 22.6 Å². The van der Waals surface area contributed by atoms with E-state index < -0.39 is 0 Å². The lowest BCUT2D eigenvalue weighted by atomic mass is 10.1. The number of nitrogens with two attached hydrogens (primary N) is 1. The predicted octanol–water partition coefficient (Wildman–Crippen LogP) is 2.77. The number of anilines is 2. The number of nitrogens with one attached hydrogen (secondary N) is 1. The molecule has 0 saturated carbocycles. The van der Waals surface area contributed by atoms with Crippen molar-refractivity contribution in [2.75, 3.05) is 17.6 Å². The summed E-state index contributed by atoms with van der Waals surface area (Å²) in [5.74, 6) is 0.875. The molecule has 1 aromatic carbocycles. The standard InChI is InChI=1S/C15H16N4O/c1-10-6-12(16)8-18-15(10)17-5-4-11-2-3-13-14(7-11)20-9-19-13/h2-3,6-9H,4-5,16H2,1H3,(H,17,18). The number of fused-ring (bicyclic) bond motifs is 1. The van der Waals surface area contributed by atoms with Gasteiger partial charge in [-0.1, -0.05) is 6.07 Å². The summed E-state index contributed by atoms with van der Waals surface area (Å²) in [5.41, 5.74) is 10.3. The van der Waals surface area contributed by atoms with Gasteiger partial charge < -0.3 is 15.5 Å². The van der Waals surface area contributed by atoms with Crippen LogP contribution >= 0.6 is 0 Å². The van der Waals surface area contributed by atoms with Crippen LogP contribution < -0.4 is 11.1 Å². The van der Waals surface area contributed by atoms with Gasteiger partial charge in [-0.3, -0.25) is 0 Å². The van der Waals surface area contributed by atoms with Crippen LogP contribution in [0.5, 0.6) is 0 Å². The Labute approximate surface area is 116 Å². The molecule has 0 aliphatic heterocycles. The van der Waals surface area contributed by atoms with Gasteiger partial charge >= 0.3 is 0 Å². The number of hydrogen-bond acceptors (Lipinski definition) is 5. The van der Waals surface area contributed by atoms with Gasteiger partial charge in [-0.15, -0.1) is 0 Å². The van der Waals surface area contributed by atoms with Crippen LogP contribution in [0, 0.1) is 6.92 Å². The van der Waals surface area contributed by atoms with Crippen molar-refractivity contribution in [2.45, 2.75) is 13.3 Å². The molecule has 0 fully saturated rings. The van der Waals surface area contributed by atoms with E-state index in [9.17, 15) is 0 Å². The largest absolute Gasteiger partial charge is 0.443 e. The van der Waals surface area contributed by atoms with Crippen molar-refractivity contribution in [1.82, 2.24) is 9.97 Å². The van der Waals surface area contributed by atoms with Crippen molar-refractivity contribution in [3.05, 3.63) is 48.0 Å². The van der Waals surface area contributed by atoms with Crippen LogP contribution in [0.15, 0.2) is 41.3 Å². The second kappa shape index (κ2) is 5.21. The minimum Gasteiger partial charge on any atom is -0.443 e. The van der Waals surface area contributed by atoms with E-state index in [2.05, 4.69) is 21.4 Å². The van der Waals surface area contributed by atoms with E-state index in [1.165, 1.54) is 12.0 Å². The average molecular weight is 268 g/mol. The summed E-state index contributed by atoms with van der Waals surface area (Å²) >= 11 is 0. The maximum atomic E-state index is 5.68. The van der Waals surface area contributed by atoms with Crippen molar-refractivity contribution in [3.63, 3.8) is 0 Å². The number of nitrogens with zero attached hydrogens (tertiary/aromatic N) is 2. The molecule has 0 aliphatic rings. The van der Waals surface area contributed by atoms with Crippen LogP contribution in [0.1, 0.15) is 11.1 Å². The first-order chi connectivity index (χ1) is 9.72. The van der Waals surface area contributed by atoms with E-state index >= 15 is 0 Å². The lowest BCUT2D eigenvalue weighted by Crippen LogP contribution is -2.08. The number of rotatable bonds is 4. The Morgan fingerprint density at radius 2 is 2.15 bits per heavy atom. The fourth-order valence-electron chi connectivity index (χ4n) is 2.16. The Balaban J connectivity index is 1.64. The Kier molecular flexibility index (Phi) is 3.25. The summed E-state index contributed by atoms with van der Waals surface area (Å²) in [6.07, 6.45) is 4.02. The molecule has 5 nitrogen and oxygen atoms in total. The summed E-state index contributed by atoms with van der Waals surface area (Å²) in [7, 11) is 0. The Hall–Kier alpha value is -2.56. The normalized spacial score (nSPS) is 10.8. The van der Waals surface area contributed by atoms with Gasteiger partial charge in [0.15, 0.2) is 12.0 Å². The van der Waals surface area contributed by atoms with Gasteiger partial charge in [-0.05, 0) is 42.7 Å². The summed E-state index contributed by atoms with van der Waals surface area (Å²) in [4.78, 5) is 8.39. The number of nitrogen functional groups attached to an aromatic ring is 1. The Bertz CT molecular complexity index is 736. The molecule has 0 atom stereocenters. The smallest absolute Gasteiger partial charge is 0.181 e. The van der Waals surface area contributed by atoms with Crippen molar-refractivity contribution < 1.29 is 4.42 Å². The summed E-state index contributed by atoms with van der Waals surface area (Å²) in [6, 6.07) is 7.97. The zero-order valence-electron chi connectivity index (χ0n) is 11.3. The highest BCUT2D eigenvalue weighted by atomic mass is 16.3. The minimum absolute atomic E-state index is 0.684. The molecule has 0 aliphatic carbocycles. The third kappa shape index (κ3) is 2.56. The molecule has 0 unspecified atom stereocenters. The molecule has 20 heavy (non-hydrogen) atoms. The maximum absolute atomic E-state index is 5.68. The van der Waals surface area contributed by atoms with Gasteiger partial charge in [0.25, 0.3) is 0 Å². The van der Waals surface area contributed by atoms with Gasteiger partial charge in [0, 0.05) is 6.54 Å². The summed E-state index contributed by atoms with van der Waals surface area (Å²) in [5, 5.41) is 3.32. The number of benzene rings is 1. The fraction of sp³-hybridized carbons (Fsp3) is 0.200. The van der Waals surface area contributed by atoms with Crippen LogP contribution in [0.4, 0.5) is 11.5 Å². The van der Waals surface area contributed by atoms with Gasteiger partial charge in [0.05, 0.1) is 11.9 Å². The monoisotopic (exact) mass is 268 g/mol. The van der Waals surface area contributed by atoms with Crippen LogP contribution in [0.3, 0.4) is 0 Å². The lowest BCUT2D eigenvalue weighted by Gasteiger charge is -2.08. The topological polar surface area (TPSA) is 77.0 Å². The van der Waals surface area contributed by atoms with Crippen molar-refractivity contribution in [1.29, 1.82) is 0 Å². The van der Waals surface area contributed by atoms with E-state index in [4.69, 9.17) is 10.2 Å². The fourth-order valence-corrected chi connectivity index (χ4v) is 2.16. The number of oxazole rings is 1. The molecule has 3 rings (SSSR count). The second-order valence-electron chi connectivity index (χ2n) is 4.77. The third-order valence-electron chi connectivity index (χ3n) is 3.20. The van der Waals surface area contributed by atoms with Crippen LogP contribution in [-0.2, 0) is 6.42 Å². The summed E-state index contributed by atoms with van der Waals surface area (Å²) in [6.45, 7) is 2.80. The van der Waals surface area contributed by atoms with Gasteiger partial charge in [-0.25, -0.2) is 9.97 Å². The Morgan fingerprint density at radius 3 is 3.00 bits per heavy atom. The van der Waals surface area contributed by atoms with E-state index in [0.717, 1.165) is 35.4 Å². The number of aromatic nitrogens is 2. The molecule has 0 bridgehead atoms. The molecule has 5 heteroatoms. The van der Waals surface area contributed by atoms with Crippen molar-refractivity contribution in [2.24, 2.45) is 0 Å². The van der Waals surface area contributed by atoms with Crippen LogP contribution in [0.25, 0.3) is 11.1 Å². The number of aryl methyl sites for hydroxylation is 1. The quantitative estimate of drug-likeness (QED) is 0.760. The molecule has 2 aromatic heterocycles. The lowest BCUT2D eigenvalue weighted by molar-refractivity contribution is 0.601. The number of hydrogen-bond donors (Lipinski definition) is 2. The highest BCUT2D eigenvalue weighted by Gasteiger charge is 2.02. The number of pyridine rings is 1. The third-order valence-corrected chi connectivity index (χ3v) is 3.20. The van der Waals surface area contributed by atoms with E-state index in [0.29, 0.717) is 5.69 Å². The molecule has 0 radical (unpaired) electrons. The molecule has 0 amide bonds. The zero-order chi connectivity index (χ0) is 13.9. The van der Waals surface area contributed by atoms with E-state index in [1.54, 1.807) is 6.20 Å². The molecular formula is C15H16N4O. The highest BCUT2D eigenvalue weighted by molar-refractivity contribution is 5.72. The molecule has 2 heterocycles. The first-order valence-corrected chi connectivity index (χ1v) is 6.50. The SMILES string of the molecule is Cc1cc(N)cnc1NCCc1ccc2ncoc2c1. The Morgan fingerprint density at radius 1 is 1.25 bits per heavy atom. The second-order valence-corrected chi connectivity index (χ2v) is 4.77. The van der Waals surface area contributed by atoms with Gasteiger partial charge in [0.1, 0.15) is 11.3 Å². The molecule has 102 valence electrons. The first-order valence-electron chi connectivity index (χ1n) is 6.50. The molecule has 3 aromatic rings. The zero-order valence-corrected chi connectivity index (χ0v) is 11.3. The minimum atomic E-state index is 0.684. The maximum Gasteiger partial charge on any atom is 0.181 e. The molecule has 0 spiro atoms. The molecule has 0 saturated heterocycles. The van der Waals surface area contributed by atoms with Crippen LogP contribution in [0.2, 0.25) is 0 Å². The van der Waals surface area contributed by atoms with Gasteiger partial charge in [-0.2, -0.15) is 0 Å². The highest BCUT2D eigenvalue weighted by Crippen LogP contribution is 2.16. The van der Waals surface area contributed by atoms with Crippen molar-refractivity contribution in [3.8, 4) is 0 Å². The summed E-state index contributed by atoms with van der Waals surface area (Å²) < 4.78 is 5.30. The predicted molar refractivity (Wildman–Crippen MR) is 79.6 cm³/mol.